The largest absolute Gasteiger partial charge is 0.350 e. The van der Waals surface area contributed by atoms with Gasteiger partial charge < -0.3 is 16.0 Å². The lowest BCUT2D eigenvalue weighted by atomic mass is 9.87. The molecule has 1 saturated carbocycles. The van der Waals surface area contributed by atoms with Crippen molar-refractivity contribution in [2.24, 2.45) is 0 Å². The molecule has 0 unspecified atom stereocenters. The third-order valence-corrected chi connectivity index (χ3v) is 4.92. The second-order valence-corrected chi connectivity index (χ2v) is 6.73. The quantitative estimate of drug-likeness (QED) is 0.566. The predicted molar refractivity (Wildman–Crippen MR) is 92.2 cm³/mol. The summed E-state index contributed by atoms with van der Waals surface area (Å²) in [6, 6.07) is 4.11. The Morgan fingerprint density at radius 1 is 1.32 bits per heavy atom. The SMILES string of the molecule is Cc1ccc([N+](=O)[O-])cc1NC(=O)C[C@@H]1N[C@@H]2CCCC[C@@H]2NC1=O. The molecule has 134 valence electrons. The number of non-ortho nitro benzene ring substituents is 1. The first-order valence-electron chi connectivity index (χ1n) is 8.55. The maximum absolute atomic E-state index is 12.3. The highest BCUT2D eigenvalue weighted by Crippen LogP contribution is 2.24. The van der Waals surface area contributed by atoms with E-state index in [1.54, 1.807) is 13.0 Å². The van der Waals surface area contributed by atoms with Crippen molar-refractivity contribution in [1.82, 2.24) is 10.6 Å². The van der Waals surface area contributed by atoms with E-state index in [2.05, 4.69) is 16.0 Å². The van der Waals surface area contributed by atoms with Crippen molar-refractivity contribution < 1.29 is 14.5 Å². The number of benzene rings is 1. The lowest BCUT2D eigenvalue weighted by molar-refractivity contribution is -0.384. The number of anilines is 1. The number of aryl methyl sites for hydroxylation is 1. The molecule has 1 saturated heterocycles. The summed E-state index contributed by atoms with van der Waals surface area (Å²) in [5.74, 6) is -0.500. The molecule has 0 spiro atoms. The van der Waals surface area contributed by atoms with Crippen LogP contribution in [0.2, 0.25) is 0 Å². The average Bonchev–Trinajstić information content (AvgIpc) is 2.57. The number of piperazine rings is 1. The minimum absolute atomic E-state index is 0.00279. The Hall–Kier alpha value is -2.48. The van der Waals surface area contributed by atoms with Gasteiger partial charge in [0, 0.05) is 24.2 Å². The van der Waals surface area contributed by atoms with Gasteiger partial charge in [0.25, 0.3) is 5.69 Å². The van der Waals surface area contributed by atoms with Crippen molar-refractivity contribution in [2.45, 2.75) is 57.2 Å². The maximum Gasteiger partial charge on any atom is 0.271 e. The highest BCUT2D eigenvalue weighted by atomic mass is 16.6. The van der Waals surface area contributed by atoms with Crippen molar-refractivity contribution in [2.75, 3.05) is 5.32 Å². The number of carbonyl (C=O) groups is 2. The number of nitro benzene ring substituents is 1. The van der Waals surface area contributed by atoms with E-state index in [1.165, 1.54) is 12.1 Å². The smallest absolute Gasteiger partial charge is 0.271 e. The molecule has 8 heteroatoms. The zero-order valence-electron chi connectivity index (χ0n) is 14.1. The van der Waals surface area contributed by atoms with Crippen LogP contribution < -0.4 is 16.0 Å². The topological polar surface area (TPSA) is 113 Å². The van der Waals surface area contributed by atoms with Crippen LogP contribution in [0.25, 0.3) is 0 Å². The Bertz CT molecular complexity index is 706. The third kappa shape index (κ3) is 3.96. The Morgan fingerprint density at radius 2 is 2.04 bits per heavy atom. The molecule has 1 aromatic carbocycles. The standard InChI is InChI=1S/C17H22N4O4/c1-10-6-7-11(21(24)25)8-14(10)19-16(22)9-15-17(23)20-13-5-3-2-4-12(13)18-15/h6-8,12-13,15,18H,2-5,9H2,1H3,(H,19,22)(H,20,23)/t12-,13+,15+/m1/s1. The van der Waals surface area contributed by atoms with Gasteiger partial charge in [-0.2, -0.15) is 0 Å². The van der Waals surface area contributed by atoms with Crippen LogP contribution >= 0.6 is 0 Å². The van der Waals surface area contributed by atoms with Gasteiger partial charge in [0.2, 0.25) is 11.8 Å². The van der Waals surface area contributed by atoms with Crippen LogP contribution in [-0.4, -0.2) is 34.9 Å². The molecule has 2 aliphatic rings. The minimum Gasteiger partial charge on any atom is -0.350 e. The van der Waals surface area contributed by atoms with E-state index in [4.69, 9.17) is 0 Å². The summed E-state index contributed by atoms with van der Waals surface area (Å²) in [7, 11) is 0. The van der Waals surface area contributed by atoms with Crippen molar-refractivity contribution in [3.8, 4) is 0 Å². The molecule has 0 aromatic heterocycles. The summed E-state index contributed by atoms with van der Waals surface area (Å²) in [5.41, 5.74) is 1.04. The normalized spacial score (nSPS) is 25.6. The fourth-order valence-corrected chi connectivity index (χ4v) is 3.52. The fourth-order valence-electron chi connectivity index (χ4n) is 3.52. The zero-order valence-corrected chi connectivity index (χ0v) is 14.1. The van der Waals surface area contributed by atoms with Crippen LogP contribution in [0.4, 0.5) is 11.4 Å². The Kier molecular flexibility index (Phi) is 4.98. The van der Waals surface area contributed by atoms with Gasteiger partial charge in [-0.3, -0.25) is 19.7 Å². The van der Waals surface area contributed by atoms with Crippen molar-refractivity contribution >= 4 is 23.2 Å². The summed E-state index contributed by atoms with van der Waals surface area (Å²) in [6.45, 7) is 1.76. The number of hydrogen-bond acceptors (Lipinski definition) is 5. The van der Waals surface area contributed by atoms with Gasteiger partial charge in [-0.05, 0) is 25.3 Å². The molecule has 25 heavy (non-hydrogen) atoms. The molecule has 0 bridgehead atoms. The van der Waals surface area contributed by atoms with Crippen LogP contribution in [0, 0.1) is 17.0 Å². The van der Waals surface area contributed by atoms with Crippen molar-refractivity contribution in [1.29, 1.82) is 0 Å². The zero-order chi connectivity index (χ0) is 18.0. The highest BCUT2D eigenvalue weighted by Gasteiger charge is 2.37. The first-order valence-corrected chi connectivity index (χ1v) is 8.55. The Labute approximate surface area is 145 Å². The van der Waals surface area contributed by atoms with Crippen LogP contribution in [0.15, 0.2) is 18.2 Å². The summed E-state index contributed by atoms with van der Waals surface area (Å²) in [6.07, 6.45) is 4.19. The predicted octanol–water partition coefficient (Wildman–Crippen LogP) is 1.63. The van der Waals surface area contributed by atoms with Gasteiger partial charge in [-0.1, -0.05) is 18.9 Å². The van der Waals surface area contributed by atoms with Crippen LogP contribution in [-0.2, 0) is 9.59 Å². The molecule has 1 aliphatic carbocycles. The number of nitro groups is 1. The molecule has 1 aromatic rings. The average molecular weight is 346 g/mol. The highest BCUT2D eigenvalue weighted by molar-refractivity contribution is 5.96. The summed E-state index contributed by atoms with van der Waals surface area (Å²) >= 11 is 0. The van der Waals surface area contributed by atoms with E-state index in [-0.39, 0.29) is 36.0 Å². The van der Waals surface area contributed by atoms with Gasteiger partial charge in [-0.25, -0.2) is 0 Å². The second-order valence-electron chi connectivity index (χ2n) is 6.73. The van der Waals surface area contributed by atoms with Crippen molar-refractivity contribution in [3.05, 3.63) is 33.9 Å². The van der Waals surface area contributed by atoms with E-state index in [0.29, 0.717) is 5.69 Å². The summed E-state index contributed by atoms with van der Waals surface area (Å²) in [5, 5.41) is 19.8. The molecule has 2 fully saturated rings. The van der Waals surface area contributed by atoms with Gasteiger partial charge >= 0.3 is 0 Å². The summed E-state index contributed by atoms with van der Waals surface area (Å²) in [4.78, 5) is 34.9. The van der Waals surface area contributed by atoms with Crippen LogP contribution in [0.3, 0.4) is 0 Å². The number of fused-ring (bicyclic) bond motifs is 1. The van der Waals surface area contributed by atoms with Crippen LogP contribution in [0.5, 0.6) is 0 Å². The molecule has 2 amide bonds. The van der Waals surface area contributed by atoms with E-state index in [1.807, 2.05) is 0 Å². The van der Waals surface area contributed by atoms with Gasteiger partial charge in [0.1, 0.15) is 0 Å². The number of hydrogen-bond donors (Lipinski definition) is 3. The van der Waals surface area contributed by atoms with E-state index in [0.717, 1.165) is 31.2 Å². The number of rotatable bonds is 4. The molecular weight excluding hydrogens is 324 g/mol. The summed E-state index contributed by atoms with van der Waals surface area (Å²) < 4.78 is 0. The Balaban J connectivity index is 1.63. The first kappa shape index (κ1) is 17.3. The van der Waals surface area contributed by atoms with Crippen molar-refractivity contribution in [3.63, 3.8) is 0 Å². The van der Waals surface area contributed by atoms with E-state index in [9.17, 15) is 19.7 Å². The molecule has 1 heterocycles. The Morgan fingerprint density at radius 3 is 2.76 bits per heavy atom. The van der Waals surface area contributed by atoms with Gasteiger partial charge in [-0.15, -0.1) is 0 Å². The van der Waals surface area contributed by atoms with Crippen LogP contribution in [0.1, 0.15) is 37.7 Å². The molecule has 3 N–H and O–H groups in total. The third-order valence-electron chi connectivity index (χ3n) is 4.92. The molecular formula is C17H22N4O4. The number of amides is 2. The number of nitrogens with zero attached hydrogens (tertiary/aromatic N) is 1. The lowest BCUT2D eigenvalue weighted by Gasteiger charge is -2.40. The molecule has 3 atom stereocenters. The molecule has 0 radical (unpaired) electrons. The monoisotopic (exact) mass is 346 g/mol. The van der Waals surface area contributed by atoms with E-state index < -0.39 is 11.0 Å². The van der Waals surface area contributed by atoms with E-state index >= 15 is 0 Å². The number of carbonyl (C=O) groups excluding carboxylic acids is 2. The van der Waals surface area contributed by atoms with Gasteiger partial charge in [0.15, 0.2) is 0 Å². The number of nitrogens with one attached hydrogen (secondary N) is 3. The lowest BCUT2D eigenvalue weighted by Crippen LogP contribution is -2.65. The second kappa shape index (κ2) is 7.18. The van der Waals surface area contributed by atoms with Gasteiger partial charge in [0.05, 0.1) is 23.1 Å². The first-order chi connectivity index (χ1) is 11.9. The fraction of sp³-hybridized carbons (Fsp3) is 0.529. The molecule has 1 aliphatic heterocycles. The minimum atomic E-state index is -0.571. The molecule has 3 rings (SSSR count). The maximum atomic E-state index is 12.3. The molecule has 8 nitrogen and oxygen atoms in total.